The first kappa shape index (κ1) is 15.9. The van der Waals surface area contributed by atoms with E-state index in [1.807, 2.05) is 24.6 Å². The lowest BCUT2D eigenvalue weighted by Crippen LogP contribution is -2.39. The molecule has 1 aromatic rings. The Kier molecular flexibility index (Phi) is 5.27. The van der Waals surface area contributed by atoms with Crippen molar-refractivity contribution in [1.82, 2.24) is 20.0 Å². The molecule has 0 unspecified atom stereocenters. The molecule has 0 radical (unpaired) electrons. The highest BCUT2D eigenvalue weighted by Gasteiger charge is 2.23. The summed E-state index contributed by atoms with van der Waals surface area (Å²) in [4.78, 5) is 24.9. The average Bonchev–Trinajstić information content (AvgIpc) is 2.94. The quantitative estimate of drug-likeness (QED) is 0.863. The Morgan fingerprint density at radius 2 is 2.29 bits per heavy atom. The minimum Gasteiger partial charge on any atom is -0.354 e. The van der Waals surface area contributed by atoms with Crippen LogP contribution in [0.3, 0.4) is 0 Å². The zero-order chi connectivity index (χ0) is 15.4. The normalized spacial score (nSPS) is 16.3. The van der Waals surface area contributed by atoms with Crippen molar-refractivity contribution < 1.29 is 9.59 Å². The highest BCUT2D eigenvalue weighted by Crippen LogP contribution is 2.16. The van der Waals surface area contributed by atoms with Crippen LogP contribution in [0.5, 0.6) is 0 Å². The van der Waals surface area contributed by atoms with Crippen LogP contribution in [0.4, 0.5) is 4.79 Å². The third kappa shape index (κ3) is 4.49. The Morgan fingerprint density at radius 1 is 1.52 bits per heavy atom. The van der Waals surface area contributed by atoms with Gasteiger partial charge in [-0.3, -0.25) is 14.3 Å². The molecule has 1 saturated heterocycles. The van der Waals surface area contributed by atoms with Crippen molar-refractivity contribution in [3.05, 3.63) is 17.5 Å². The van der Waals surface area contributed by atoms with Gasteiger partial charge in [-0.25, -0.2) is 0 Å². The first-order chi connectivity index (χ1) is 9.95. The Hall–Kier alpha value is -1.50. The van der Waals surface area contributed by atoms with E-state index in [0.717, 1.165) is 23.7 Å². The number of carbonyl (C=O) groups excluding carboxylic acids is 2. The molecule has 116 valence electrons. The molecule has 1 N–H and O–H groups in total. The molecule has 1 fully saturated rings. The van der Waals surface area contributed by atoms with E-state index in [0.29, 0.717) is 13.1 Å². The summed E-state index contributed by atoms with van der Waals surface area (Å²) < 4.78 is 1.97. The predicted molar refractivity (Wildman–Crippen MR) is 83.3 cm³/mol. The molecular formula is C14H22N4O2S. The van der Waals surface area contributed by atoms with E-state index < -0.39 is 0 Å². The van der Waals surface area contributed by atoms with Crippen molar-refractivity contribution in [3.8, 4) is 0 Å². The fourth-order valence-electron chi connectivity index (χ4n) is 2.31. The van der Waals surface area contributed by atoms with Gasteiger partial charge in [-0.05, 0) is 25.8 Å². The van der Waals surface area contributed by atoms with Crippen molar-refractivity contribution in [2.45, 2.75) is 27.3 Å². The molecule has 6 nitrogen and oxygen atoms in total. The van der Waals surface area contributed by atoms with Gasteiger partial charge in [0.2, 0.25) is 5.91 Å². The number of aromatic nitrogens is 2. The fraction of sp³-hybridized carbons (Fsp3) is 0.643. The number of hydrogen-bond acceptors (Lipinski definition) is 4. The Labute approximate surface area is 129 Å². The average molecular weight is 310 g/mol. The van der Waals surface area contributed by atoms with Gasteiger partial charge in [0.05, 0.1) is 5.69 Å². The van der Waals surface area contributed by atoms with Crippen LogP contribution in [0.15, 0.2) is 6.07 Å². The molecule has 1 aromatic heterocycles. The second-order valence-electron chi connectivity index (χ2n) is 5.55. The van der Waals surface area contributed by atoms with E-state index in [2.05, 4.69) is 17.3 Å². The molecule has 0 aromatic carbocycles. The van der Waals surface area contributed by atoms with Crippen molar-refractivity contribution >= 4 is 22.9 Å². The maximum absolute atomic E-state index is 11.8. The zero-order valence-electron chi connectivity index (χ0n) is 12.8. The molecule has 0 aliphatic carbocycles. The number of aryl methyl sites for hydroxylation is 2. The van der Waals surface area contributed by atoms with Gasteiger partial charge in [-0.15, -0.1) is 0 Å². The van der Waals surface area contributed by atoms with Crippen LogP contribution in [0.1, 0.15) is 18.3 Å². The molecule has 2 rings (SSSR count). The molecular weight excluding hydrogens is 288 g/mol. The largest absolute Gasteiger partial charge is 0.354 e. The van der Waals surface area contributed by atoms with Crippen molar-refractivity contribution in [2.24, 2.45) is 5.92 Å². The topological polar surface area (TPSA) is 67.2 Å². The number of carbonyl (C=O) groups is 2. The van der Waals surface area contributed by atoms with Gasteiger partial charge in [-0.2, -0.15) is 5.10 Å². The Morgan fingerprint density at radius 3 is 2.86 bits per heavy atom. The second-order valence-corrected chi connectivity index (χ2v) is 6.60. The molecule has 2 amide bonds. The third-order valence-electron chi connectivity index (χ3n) is 3.42. The van der Waals surface area contributed by atoms with Gasteiger partial charge in [-0.1, -0.05) is 18.7 Å². The van der Waals surface area contributed by atoms with Gasteiger partial charge in [0.25, 0.3) is 5.24 Å². The Balaban J connectivity index is 1.73. The first-order valence-electron chi connectivity index (χ1n) is 7.15. The van der Waals surface area contributed by atoms with Crippen molar-refractivity contribution in [2.75, 3.05) is 25.4 Å². The molecule has 1 aliphatic heterocycles. The van der Waals surface area contributed by atoms with Crippen LogP contribution in [-0.2, 0) is 11.3 Å². The number of amides is 2. The number of rotatable bonds is 6. The molecule has 0 spiro atoms. The molecule has 1 aliphatic rings. The van der Waals surface area contributed by atoms with Crippen LogP contribution in [-0.4, -0.2) is 51.2 Å². The van der Waals surface area contributed by atoms with Crippen LogP contribution >= 0.6 is 11.8 Å². The minimum atomic E-state index is -0.0916. The van der Waals surface area contributed by atoms with Crippen LogP contribution in [0.25, 0.3) is 0 Å². The fourth-order valence-corrected chi connectivity index (χ4v) is 3.13. The summed E-state index contributed by atoms with van der Waals surface area (Å²) in [6.07, 6.45) is 0. The number of nitrogens with zero attached hydrogens (tertiary/aromatic N) is 3. The molecule has 2 heterocycles. The summed E-state index contributed by atoms with van der Waals surface area (Å²) in [6.45, 7) is 8.28. The maximum Gasteiger partial charge on any atom is 0.282 e. The Bertz CT molecular complexity index is 529. The zero-order valence-corrected chi connectivity index (χ0v) is 13.6. The highest BCUT2D eigenvalue weighted by atomic mass is 32.2. The summed E-state index contributed by atoms with van der Waals surface area (Å²) in [5, 5.41) is 7.31. The SMILES string of the molecule is Cc1cc(C)n(C[C@@H](C)CNC(=O)CN2CCSC2=O)n1. The number of thioether (sulfide) groups is 1. The van der Waals surface area contributed by atoms with Crippen LogP contribution in [0.2, 0.25) is 0 Å². The molecule has 0 bridgehead atoms. The standard InChI is InChI=1S/C14H22N4O2S/c1-10(8-18-12(3)6-11(2)16-18)7-15-13(19)9-17-4-5-21-14(17)20/h6,10H,4-5,7-9H2,1-3H3,(H,15,19)/t10-/m0/s1. The van der Waals surface area contributed by atoms with E-state index in [1.54, 1.807) is 4.90 Å². The summed E-state index contributed by atoms with van der Waals surface area (Å²) >= 11 is 1.27. The smallest absolute Gasteiger partial charge is 0.282 e. The van der Waals surface area contributed by atoms with Crippen LogP contribution < -0.4 is 5.32 Å². The van der Waals surface area contributed by atoms with E-state index in [-0.39, 0.29) is 23.6 Å². The summed E-state index contributed by atoms with van der Waals surface area (Å²) in [5.41, 5.74) is 2.14. The lowest BCUT2D eigenvalue weighted by Gasteiger charge is -2.17. The van der Waals surface area contributed by atoms with E-state index in [4.69, 9.17) is 0 Å². The summed E-state index contributed by atoms with van der Waals surface area (Å²) in [6, 6.07) is 2.04. The summed E-state index contributed by atoms with van der Waals surface area (Å²) in [7, 11) is 0. The minimum absolute atomic E-state index is 0.000777. The highest BCUT2D eigenvalue weighted by molar-refractivity contribution is 8.13. The maximum atomic E-state index is 11.8. The van der Waals surface area contributed by atoms with Gasteiger partial charge in [0.1, 0.15) is 6.54 Å². The number of hydrogen-bond donors (Lipinski definition) is 1. The predicted octanol–water partition coefficient (Wildman–Crippen LogP) is 1.42. The first-order valence-corrected chi connectivity index (χ1v) is 8.13. The van der Waals surface area contributed by atoms with E-state index >= 15 is 0 Å². The van der Waals surface area contributed by atoms with Gasteiger partial charge in [0.15, 0.2) is 0 Å². The molecule has 21 heavy (non-hydrogen) atoms. The van der Waals surface area contributed by atoms with E-state index in [1.165, 1.54) is 11.8 Å². The van der Waals surface area contributed by atoms with Crippen molar-refractivity contribution in [3.63, 3.8) is 0 Å². The number of nitrogens with one attached hydrogen (secondary N) is 1. The third-order valence-corrected chi connectivity index (χ3v) is 4.31. The molecule has 1 atom stereocenters. The van der Waals surface area contributed by atoms with Gasteiger partial charge in [0, 0.05) is 31.1 Å². The lowest BCUT2D eigenvalue weighted by atomic mass is 10.2. The lowest BCUT2D eigenvalue weighted by molar-refractivity contribution is -0.121. The van der Waals surface area contributed by atoms with Gasteiger partial charge >= 0.3 is 0 Å². The van der Waals surface area contributed by atoms with Crippen molar-refractivity contribution in [1.29, 1.82) is 0 Å². The van der Waals surface area contributed by atoms with Gasteiger partial charge < -0.3 is 10.2 Å². The molecule has 7 heteroatoms. The van der Waals surface area contributed by atoms with Crippen LogP contribution in [0, 0.1) is 19.8 Å². The van der Waals surface area contributed by atoms with E-state index in [9.17, 15) is 9.59 Å². The summed E-state index contributed by atoms with van der Waals surface area (Å²) in [5.74, 6) is 0.974. The monoisotopic (exact) mass is 310 g/mol. The second kappa shape index (κ2) is 6.98. The molecule has 0 saturated carbocycles.